The molecule has 0 aliphatic rings. The van der Waals surface area contributed by atoms with Gasteiger partial charge in [-0.3, -0.25) is 0 Å². The van der Waals surface area contributed by atoms with E-state index in [-0.39, 0.29) is 0 Å². The van der Waals surface area contributed by atoms with E-state index in [4.69, 9.17) is 4.74 Å². The lowest BCUT2D eigenvalue weighted by atomic mass is 10.1. The van der Waals surface area contributed by atoms with E-state index in [0.717, 1.165) is 24.3 Å². The molecule has 0 aromatic heterocycles. The third kappa shape index (κ3) is 4.66. The molecule has 0 amide bonds. The lowest BCUT2D eigenvalue weighted by Crippen LogP contribution is -2.19. The summed E-state index contributed by atoms with van der Waals surface area (Å²) < 4.78 is 5.15. The van der Waals surface area contributed by atoms with Crippen LogP contribution in [0.3, 0.4) is 0 Å². The second-order valence-corrected chi connectivity index (χ2v) is 4.65. The molecular weight excluding hydrogens is 222 g/mol. The quantitative estimate of drug-likeness (QED) is 0.709. The second kappa shape index (κ2) is 6.90. The number of benzene rings is 1. The van der Waals surface area contributed by atoms with Gasteiger partial charge in [-0.1, -0.05) is 24.3 Å². The minimum Gasteiger partial charge on any atom is -0.497 e. The predicted molar refractivity (Wildman–Crippen MR) is 77.9 cm³/mol. The molecule has 0 aliphatic carbocycles. The minimum atomic E-state index is 0.908. The fourth-order valence-corrected chi connectivity index (χ4v) is 1.73. The van der Waals surface area contributed by atoms with Crippen molar-refractivity contribution in [2.24, 2.45) is 0 Å². The summed E-state index contributed by atoms with van der Waals surface area (Å²) >= 11 is 0. The van der Waals surface area contributed by atoms with Gasteiger partial charge in [0.15, 0.2) is 0 Å². The molecule has 1 aromatic rings. The number of nitrogens with zero attached hydrogens (tertiary/aromatic N) is 1. The lowest BCUT2D eigenvalue weighted by molar-refractivity contribution is 0.413. The summed E-state index contributed by atoms with van der Waals surface area (Å²) in [4.78, 5) is 2.25. The van der Waals surface area contributed by atoms with E-state index >= 15 is 0 Å². The molecule has 0 saturated heterocycles. The van der Waals surface area contributed by atoms with E-state index in [1.165, 1.54) is 11.3 Å². The Bertz CT molecular complexity index is 417. The van der Waals surface area contributed by atoms with Crippen LogP contribution in [0.2, 0.25) is 0 Å². The van der Waals surface area contributed by atoms with Gasteiger partial charge in [0, 0.05) is 19.3 Å². The number of hydrogen-bond donors (Lipinski definition) is 0. The number of likely N-dealkylation sites (N-methyl/N-ethyl adjacent to an activating group) is 1. The van der Waals surface area contributed by atoms with E-state index in [2.05, 4.69) is 43.7 Å². The van der Waals surface area contributed by atoms with Gasteiger partial charge < -0.3 is 9.64 Å². The fourth-order valence-electron chi connectivity index (χ4n) is 1.73. The van der Waals surface area contributed by atoms with Crippen LogP contribution in [-0.2, 0) is 6.42 Å². The van der Waals surface area contributed by atoms with Crippen molar-refractivity contribution in [2.45, 2.75) is 20.3 Å². The van der Waals surface area contributed by atoms with Gasteiger partial charge in [0.05, 0.1) is 7.11 Å². The first-order valence-electron chi connectivity index (χ1n) is 6.21. The molecule has 1 aromatic carbocycles. The van der Waals surface area contributed by atoms with Gasteiger partial charge in [0.1, 0.15) is 5.75 Å². The summed E-state index contributed by atoms with van der Waals surface area (Å²) in [5.74, 6) is 0.908. The van der Waals surface area contributed by atoms with Crippen molar-refractivity contribution >= 4 is 0 Å². The van der Waals surface area contributed by atoms with Crippen LogP contribution in [0.5, 0.6) is 5.75 Å². The summed E-state index contributed by atoms with van der Waals surface area (Å²) in [7, 11) is 3.80. The van der Waals surface area contributed by atoms with Crippen LogP contribution in [0.4, 0.5) is 0 Å². The number of ether oxygens (including phenoxy) is 1. The maximum Gasteiger partial charge on any atom is 0.118 e. The first-order chi connectivity index (χ1) is 8.52. The van der Waals surface area contributed by atoms with Crippen molar-refractivity contribution in [3.05, 3.63) is 53.8 Å². The molecule has 18 heavy (non-hydrogen) atoms. The third-order valence-electron chi connectivity index (χ3n) is 2.95. The van der Waals surface area contributed by atoms with Crippen LogP contribution >= 0.6 is 0 Å². The molecule has 0 spiro atoms. The summed E-state index contributed by atoms with van der Waals surface area (Å²) in [6, 6.07) is 8.24. The largest absolute Gasteiger partial charge is 0.497 e. The summed E-state index contributed by atoms with van der Waals surface area (Å²) in [5.41, 5.74) is 3.66. The lowest BCUT2D eigenvalue weighted by Gasteiger charge is -2.20. The summed E-state index contributed by atoms with van der Waals surface area (Å²) in [5, 5.41) is 0. The zero-order chi connectivity index (χ0) is 13.5. The Labute approximate surface area is 111 Å². The summed E-state index contributed by atoms with van der Waals surface area (Å²) in [6.45, 7) is 9.03. The van der Waals surface area contributed by atoms with E-state index in [9.17, 15) is 0 Å². The van der Waals surface area contributed by atoms with Gasteiger partial charge in [-0.15, -0.1) is 0 Å². The predicted octanol–water partition coefficient (Wildman–Crippen LogP) is 3.65. The highest BCUT2D eigenvalue weighted by atomic mass is 16.5. The standard InChI is InChI=1S/C16H23NO/c1-13(2)12-14(3)17(4)11-10-15-6-8-16(18-5)9-7-15/h6-9,12H,1,10-11H2,2-5H3/b14-12-. The molecule has 0 atom stereocenters. The number of rotatable bonds is 6. The minimum absolute atomic E-state index is 0.908. The molecule has 0 heterocycles. The Kier molecular flexibility index (Phi) is 5.50. The summed E-state index contributed by atoms with van der Waals surface area (Å²) in [6.07, 6.45) is 3.13. The normalized spacial score (nSPS) is 11.2. The van der Waals surface area contributed by atoms with Crippen LogP contribution in [0.25, 0.3) is 0 Å². The Hall–Kier alpha value is -1.70. The van der Waals surface area contributed by atoms with Crippen LogP contribution in [0.1, 0.15) is 19.4 Å². The zero-order valence-corrected chi connectivity index (χ0v) is 11.9. The highest BCUT2D eigenvalue weighted by molar-refractivity contribution is 5.27. The van der Waals surface area contributed by atoms with Gasteiger partial charge in [-0.05, 0) is 44.0 Å². The molecule has 0 radical (unpaired) electrons. The van der Waals surface area contributed by atoms with Crippen LogP contribution in [0.15, 0.2) is 48.2 Å². The molecule has 1 rings (SSSR count). The molecule has 0 fully saturated rings. The van der Waals surface area contributed by atoms with Gasteiger partial charge >= 0.3 is 0 Å². The Morgan fingerprint density at radius 3 is 2.39 bits per heavy atom. The number of methoxy groups -OCH3 is 1. The van der Waals surface area contributed by atoms with E-state index < -0.39 is 0 Å². The first kappa shape index (κ1) is 14.4. The van der Waals surface area contributed by atoms with E-state index in [1.54, 1.807) is 7.11 Å². The Balaban J connectivity index is 2.51. The van der Waals surface area contributed by atoms with Gasteiger partial charge in [-0.2, -0.15) is 0 Å². The monoisotopic (exact) mass is 245 g/mol. The SMILES string of the molecule is C=C(C)/C=C(/C)N(C)CCc1ccc(OC)cc1. The number of hydrogen-bond acceptors (Lipinski definition) is 2. The van der Waals surface area contributed by atoms with Crippen molar-refractivity contribution in [1.29, 1.82) is 0 Å². The third-order valence-corrected chi connectivity index (χ3v) is 2.95. The maximum absolute atomic E-state index is 5.15. The molecule has 0 saturated carbocycles. The zero-order valence-electron chi connectivity index (χ0n) is 11.9. The average molecular weight is 245 g/mol. The van der Waals surface area contributed by atoms with Crippen LogP contribution in [0, 0.1) is 0 Å². The van der Waals surface area contributed by atoms with Crippen molar-refractivity contribution in [3.8, 4) is 5.75 Å². The Morgan fingerprint density at radius 1 is 1.28 bits per heavy atom. The van der Waals surface area contributed by atoms with Crippen molar-refractivity contribution in [3.63, 3.8) is 0 Å². The van der Waals surface area contributed by atoms with Crippen molar-refractivity contribution < 1.29 is 4.74 Å². The van der Waals surface area contributed by atoms with Crippen LogP contribution in [-0.4, -0.2) is 25.6 Å². The highest BCUT2D eigenvalue weighted by Gasteiger charge is 2.00. The molecule has 0 N–H and O–H groups in total. The van der Waals surface area contributed by atoms with Gasteiger partial charge in [0.25, 0.3) is 0 Å². The van der Waals surface area contributed by atoms with Gasteiger partial charge in [-0.25, -0.2) is 0 Å². The first-order valence-corrected chi connectivity index (χ1v) is 6.21. The number of allylic oxidation sites excluding steroid dienone is 3. The van der Waals surface area contributed by atoms with Crippen LogP contribution < -0.4 is 4.74 Å². The van der Waals surface area contributed by atoms with Crippen molar-refractivity contribution in [1.82, 2.24) is 4.90 Å². The Morgan fingerprint density at radius 2 is 1.89 bits per heavy atom. The maximum atomic E-state index is 5.15. The molecule has 98 valence electrons. The van der Waals surface area contributed by atoms with E-state index in [0.29, 0.717) is 0 Å². The van der Waals surface area contributed by atoms with E-state index in [1.807, 2.05) is 19.1 Å². The molecular formula is C16H23NO. The smallest absolute Gasteiger partial charge is 0.118 e. The van der Waals surface area contributed by atoms with Crippen molar-refractivity contribution in [2.75, 3.05) is 20.7 Å². The fraction of sp³-hybridized carbons (Fsp3) is 0.375. The molecule has 2 nitrogen and oxygen atoms in total. The second-order valence-electron chi connectivity index (χ2n) is 4.65. The van der Waals surface area contributed by atoms with Gasteiger partial charge in [0.2, 0.25) is 0 Å². The molecule has 0 bridgehead atoms. The molecule has 0 unspecified atom stereocenters. The average Bonchev–Trinajstić information content (AvgIpc) is 2.35. The molecule has 0 aliphatic heterocycles. The topological polar surface area (TPSA) is 12.5 Å². The highest BCUT2D eigenvalue weighted by Crippen LogP contribution is 2.12. The molecule has 2 heteroatoms.